The maximum atomic E-state index is 12.7. The molecule has 0 bridgehead atoms. The number of hydrogen-bond donors (Lipinski definition) is 0. The molecule has 6 heteroatoms. The van der Waals surface area contributed by atoms with Crippen LogP contribution in [-0.4, -0.2) is 8.76 Å². The van der Waals surface area contributed by atoms with Crippen LogP contribution in [0.3, 0.4) is 0 Å². The summed E-state index contributed by atoms with van der Waals surface area (Å²) < 4.78 is 33.7. The maximum absolute atomic E-state index is 12.7. The van der Waals surface area contributed by atoms with Crippen molar-refractivity contribution in [3.63, 3.8) is 0 Å². The molecule has 12 heavy (non-hydrogen) atoms. The molecule has 0 aliphatic rings. The molecule has 1 aromatic rings. The SMILES string of the molecule is O=S([O-])c1c(F)cccc1Br.[Na+]. The fourth-order valence-corrected chi connectivity index (χ4v) is 1.83. The smallest absolute Gasteiger partial charge is 0.768 e. The molecule has 0 amide bonds. The summed E-state index contributed by atoms with van der Waals surface area (Å²) >= 11 is 0.391. The largest absolute Gasteiger partial charge is 1.00 e. The van der Waals surface area contributed by atoms with Crippen LogP contribution in [0.4, 0.5) is 4.39 Å². The van der Waals surface area contributed by atoms with E-state index < -0.39 is 16.9 Å². The van der Waals surface area contributed by atoms with Gasteiger partial charge >= 0.3 is 29.6 Å². The summed E-state index contributed by atoms with van der Waals surface area (Å²) in [6.45, 7) is 0. The van der Waals surface area contributed by atoms with Gasteiger partial charge in [-0.15, -0.1) is 0 Å². The molecule has 0 fully saturated rings. The fourth-order valence-electron chi connectivity index (χ4n) is 0.642. The summed E-state index contributed by atoms with van der Waals surface area (Å²) in [5, 5.41) is 0. The van der Waals surface area contributed by atoms with Crippen LogP contribution in [0.2, 0.25) is 0 Å². The second kappa shape index (κ2) is 5.47. The van der Waals surface area contributed by atoms with E-state index in [4.69, 9.17) is 0 Å². The van der Waals surface area contributed by atoms with Crippen LogP contribution in [0.5, 0.6) is 0 Å². The molecule has 1 aromatic carbocycles. The first kappa shape index (κ1) is 12.7. The summed E-state index contributed by atoms with van der Waals surface area (Å²) in [5.74, 6) is -0.743. The van der Waals surface area contributed by atoms with Crippen molar-refractivity contribution in [2.75, 3.05) is 0 Å². The van der Waals surface area contributed by atoms with Gasteiger partial charge in [-0.3, -0.25) is 4.21 Å². The molecular weight excluding hydrogens is 258 g/mol. The minimum absolute atomic E-state index is 0. The van der Waals surface area contributed by atoms with Gasteiger partial charge in [0.2, 0.25) is 0 Å². The summed E-state index contributed by atoms with van der Waals surface area (Å²) in [7, 11) is 0. The van der Waals surface area contributed by atoms with E-state index in [-0.39, 0.29) is 38.9 Å². The molecule has 0 saturated carbocycles. The van der Waals surface area contributed by atoms with Gasteiger partial charge in [-0.05, 0) is 39.1 Å². The van der Waals surface area contributed by atoms with E-state index in [1.165, 1.54) is 12.1 Å². The van der Waals surface area contributed by atoms with Gasteiger partial charge in [0.25, 0.3) is 0 Å². The number of hydrogen-bond acceptors (Lipinski definition) is 2. The number of halogens is 2. The minimum Gasteiger partial charge on any atom is -0.768 e. The average Bonchev–Trinajstić information content (AvgIpc) is 1.85. The summed E-state index contributed by atoms with van der Waals surface area (Å²) in [5.41, 5.74) is 0. The van der Waals surface area contributed by atoms with Gasteiger partial charge < -0.3 is 4.55 Å². The molecule has 60 valence electrons. The summed E-state index contributed by atoms with van der Waals surface area (Å²) in [6, 6.07) is 3.99. The van der Waals surface area contributed by atoms with Crippen molar-refractivity contribution in [3.05, 3.63) is 28.5 Å². The Bertz CT molecular complexity index is 287. The average molecular weight is 261 g/mol. The van der Waals surface area contributed by atoms with Crippen LogP contribution in [-0.2, 0) is 11.1 Å². The van der Waals surface area contributed by atoms with E-state index in [9.17, 15) is 13.2 Å². The predicted octanol–water partition coefficient (Wildman–Crippen LogP) is -1.17. The van der Waals surface area contributed by atoms with Gasteiger partial charge in [0.1, 0.15) is 5.82 Å². The molecule has 0 spiro atoms. The minimum atomic E-state index is -2.52. The molecule has 1 unspecified atom stereocenters. The third-order valence-corrected chi connectivity index (χ3v) is 2.76. The van der Waals surface area contributed by atoms with E-state index in [1.807, 2.05) is 0 Å². The van der Waals surface area contributed by atoms with Gasteiger partial charge in [-0.25, -0.2) is 4.39 Å². The Kier molecular flexibility index (Phi) is 5.80. The Morgan fingerprint density at radius 2 is 2.08 bits per heavy atom. The van der Waals surface area contributed by atoms with Crippen molar-refractivity contribution < 1.29 is 42.7 Å². The van der Waals surface area contributed by atoms with E-state index in [0.717, 1.165) is 6.07 Å². The van der Waals surface area contributed by atoms with Crippen molar-refractivity contribution in [2.45, 2.75) is 4.90 Å². The molecule has 0 heterocycles. The molecular formula is C6H3BrFNaO2S. The van der Waals surface area contributed by atoms with E-state index in [2.05, 4.69) is 15.9 Å². The third-order valence-electron chi connectivity index (χ3n) is 1.09. The fraction of sp³-hybridized carbons (Fsp3) is 0. The number of benzene rings is 1. The second-order valence-corrected chi connectivity index (χ2v) is 3.52. The van der Waals surface area contributed by atoms with Gasteiger partial charge in [0.15, 0.2) is 0 Å². The first-order valence-corrected chi connectivity index (χ1v) is 4.53. The molecule has 1 rings (SSSR count). The van der Waals surface area contributed by atoms with Crippen molar-refractivity contribution in [1.29, 1.82) is 0 Å². The van der Waals surface area contributed by atoms with Gasteiger partial charge in [-0.1, -0.05) is 6.07 Å². The zero-order chi connectivity index (χ0) is 8.43. The Hall–Kier alpha value is 0.740. The molecule has 0 aliphatic heterocycles. The van der Waals surface area contributed by atoms with Gasteiger partial charge in [0.05, 0.1) is 4.90 Å². The first-order chi connectivity index (χ1) is 5.13. The summed E-state index contributed by atoms with van der Waals surface area (Å²) in [6.07, 6.45) is 0. The van der Waals surface area contributed by atoms with Crippen LogP contribution in [0.25, 0.3) is 0 Å². The molecule has 0 radical (unpaired) electrons. The maximum Gasteiger partial charge on any atom is 1.00 e. The number of rotatable bonds is 1. The molecule has 0 aromatic heterocycles. The van der Waals surface area contributed by atoms with Gasteiger partial charge in [-0.2, -0.15) is 0 Å². The van der Waals surface area contributed by atoms with Crippen molar-refractivity contribution in [1.82, 2.24) is 0 Å². The van der Waals surface area contributed by atoms with Crippen LogP contribution < -0.4 is 29.6 Å². The Labute approximate surface area is 102 Å². The predicted molar refractivity (Wildman–Crippen MR) is 41.3 cm³/mol. The van der Waals surface area contributed by atoms with E-state index in [0.29, 0.717) is 0 Å². The zero-order valence-corrected chi connectivity index (χ0v) is 10.6. The molecule has 0 N–H and O–H groups in total. The van der Waals surface area contributed by atoms with E-state index >= 15 is 0 Å². The first-order valence-electron chi connectivity index (χ1n) is 2.66. The quantitative estimate of drug-likeness (QED) is 0.472. The molecule has 0 aliphatic carbocycles. The van der Waals surface area contributed by atoms with Crippen LogP contribution in [0.1, 0.15) is 0 Å². The van der Waals surface area contributed by atoms with Gasteiger partial charge in [0, 0.05) is 4.47 Å². The third kappa shape index (κ3) is 2.90. The zero-order valence-electron chi connectivity index (χ0n) is 6.21. The van der Waals surface area contributed by atoms with Crippen LogP contribution in [0.15, 0.2) is 27.6 Å². The van der Waals surface area contributed by atoms with Crippen LogP contribution in [0, 0.1) is 5.82 Å². The monoisotopic (exact) mass is 260 g/mol. The van der Waals surface area contributed by atoms with Crippen molar-refractivity contribution >= 4 is 27.0 Å². The van der Waals surface area contributed by atoms with E-state index in [1.54, 1.807) is 0 Å². The topological polar surface area (TPSA) is 40.1 Å². The second-order valence-electron chi connectivity index (χ2n) is 1.79. The molecule has 1 atom stereocenters. The Balaban J connectivity index is 0.00000121. The Morgan fingerprint density at radius 1 is 1.50 bits per heavy atom. The van der Waals surface area contributed by atoms with Crippen molar-refractivity contribution in [2.24, 2.45) is 0 Å². The Morgan fingerprint density at radius 3 is 2.42 bits per heavy atom. The summed E-state index contributed by atoms with van der Waals surface area (Å²) in [4.78, 5) is -0.326. The molecule has 2 nitrogen and oxygen atoms in total. The molecule has 0 saturated heterocycles. The van der Waals surface area contributed by atoms with Crippen molar-refractivity contribution in [3.8, 4) is 0 Å². The normalized spacial score (nSPS) is 11.9. The standard InChI is InChI=1S/C6H4BrFO2S.Na/c7-4-2-1-3-5(8)6(4)11(9)10;/h1-3H,(H,9,10);/q;+1/p-1. The van der Waals surface area contributed by atoms with Crippen LogP contribution >= 0.6 is 15.9 Å².